The van der Waals surface area contributed by atoms with E-state index >= 15 is 22.8 Å². The first-order valence-electron chi connectivity index (χ1n) is 54.9. The Bertz CT molecular complexity index is 7370. The fraction of sp³-hybridized carbons (Fsp3) is 0.317. The number of hydrogen-bond acceptors (Lipinski definition) is 10. The number of benzene rings is 8. The van der Waals surface area contributed by atoms with Crippen LogP contribution in [0.4, 0.5) is 43.9 Å². The van der Waals surface area contributed by atoms with E-state index in [9.17, 15) is 58.1 Å². The van der Waals surface area contributed by atoms with Crippen LogP contribution >= 0.6 is 23.5 Å². The molecule has 2 saturated heterocycles. The number of ether oxygens (including phenoxy) is 2. The van der Waals surface area contributed by atoms with Gasteiger partial charge in [0.15, 0.2) is 34.1 Å². The number of fused-ring (bicyclic) bond motifs is 2. The number of aromatic nitrogens is 2. The molecule has 0 radical (unpaired) electrons. The van der Waals surface area contributed by atoms with Gasteiger partial charge in [-0.25, -0.2) is 17.6 Å². The number of pyridine rings is 2. The third kappa shape index (κ3) is 19.2. The molecule has 2 aromatic heterocycles. The lowest BCUT2D eigenvalue weighted by Gasteiger charge is -2.42. The number of methoxy groups -OCH3 is 2. The summed E-state index contributed by atoms with van der Waals surface area (Å²) in [5, 5.41) is -3.36. The molecule has 24 heteroatoms. The van der Waals surface area contributed by atoms with Crippen LogP contribution in [0.15, 0.2) is 207 Å². The van der Waals surface area contributed by atoms with Crippen molar-refractivity contribution in [1.29, 1.82) is 0 Å². The summed E-state index contributed by atoms with van der Waals surface area (Å²) in [6.07, 6.45) is -28.9. The van der Waals surface area contributed by atoms with Gasteiger partial charge in [-0.1, -0.05) is 121 Å². The van der Waals surface area contributed by atoms with E-state index in [0.717, 1.165) is 73.0 Å². The lowest BCUT2D eigenvalue weighted by molar-refractivity contribution is -0.138. The number of piperidine rings is 2. The van der Waals surface area contributed by atoms with Crippen molar-refractivity contribution in [2.75, 3.05) is 66.3 Å². The molecule has 106 heavy (non-hydrogen) atoms. The second-order valence-electron chi connectivity index (χ2n) is 21.5. The van der Waals surface area contributed by atoms with E-state index in [0.29, 0.717) is 6.07 Å². The van der Waals surface area contributed by atoms with Crippen LogP contribution in [-0.4, -0.2) is 119 Å². The van der Waals surface area contributed by atoms with Crippen LogP contribution in [0.5, 0.6) is 0 Å². The predicted molar refractivity (Wildman–Crippen MR) is 395 cm³/mol. The highest BCUT2D eigenvalue weighted by Gasteiger charge is 2.35. The number of para-hydroxylation sites is 1. The highest BCUT2D eigenvalue weighted by atomic mass is 32.2. The van der Waals surface area contributed by atoms with Crippen molar-refractivity contribution in [3.05, 3.63) is 270 Å². The Morgan fingerprint density at radius 3 is 1.80 bits per heavy atom. The van der Waals surface area contributed by atoms with Crippen LogP contribution in [-0.2, 0) is 62.4 Å². The van der Waals surface area contributed by atoms with Crippen molar-refractivity contribution in [2.45, 2.75) is 111 Å². The molecule has 10 aromatic rings. The molecule has 1 unspecified atom stereocenters. The van der Waals surface area contributed by atoms with E-state index in [1.807, 2.05) is 0 Å². The molecule has 12 nitrogen and oxygen atoms in total. The molecular weight excluding hydrogens is 1420 g/mol. The number of alkyl halides is 6. The Kier molecular flexibility index (Phi) is 12.0. The summed E-state index contributed by atoms with van der Waals surface area (Å²) in [5.41, 5.74) is -22.2. The lowest BCUT2D eigenvalue weighted by atomic mass is 9.96. The maximum absolute atomic E-state index is 15.9. The van der Waals surface area contributed by atoms with E-state index in [1.54, 1.807) is 0 Å². The predicted octanol–water partition coefficient (Wildman–Crippen LogP) is 17.7. The van der Waals surface area contributed by atoms with E-state index in [-0.39, 0.29) is 48.2 Å². The van der Waals surface area contributed by atoms with Gasteiger partial charge >= 0.3 is 12.4 Å². The number of carbonyl (C=O) groups excluding carboxylic acids is 2. The molecule has 8 aromatic carbocycles. The van der Waals surface area contributed by atoms with Crippen LogP contribution < -0.4 is 10.9 Å². The first kappa shape index (κ1) is 36.2. The average Bonchev–Trinajstić information content (AvgIpc) is 0.659. The van der Waals surface area contributed by atoms with Gasteiger partial charge in [-0.2, -0.15) is 26.3 Å². The first-order valence-corrected chi connectivity index (χ1v) is 31.6. The highest BCUT2D eigenvalue weighted by Crippen LogP contribution is 2.37. The minimum atomic E-state index is -5.61. The topological polar surface area (TPSA) is 110 Å². The molecule has 0 bridgehead atoms. The van der Waals surface area contributed by atoms with Gasteiger partial charge in [0, 0.05) is 145 Å². The van der Waals surface area contributed by atoms with Gasteiger partial charge in [0.2, 0.25) is 11.8 Å². The second kappa shape index (κ2) is 35.1. The quantitative estimate of drug-likeness (QED) is 0.0428. The molecule has 2 aliphatic heterocycles. The minimum Gasteiger partial charge on any atom is -0.383 e. The number of halogens is 10. The number of carbonyl (C=O) groups is 2. The van der Waals surface area contributed by atoms with Gasteiger partial charge in [-0.15, -0.1) is 23.5 Å². The zero-order chi connectivity index (χ0) is 120. The largest absolute Gasteiger partial charge is 0.416 e. The Labute approximate surface area is 686 Å². The molecule has 556 valence electrons. The number of nitrogens with zero attached hydrogens (tertiary/aromatic N) is 6. The minimum absolute atomic E-state index is 0.0119. The van der Waals surface area contributed by atoms with E-state index in [1.165, 1.54) is 36.4 Å². The molecule has 0 N–H and O–H groups in total. The van der Waals surface area contributed by atoms with E-state index < -0.39 is 382 Å². The Balaban J connectivity index is 0.000000300. The van der Waals surface area contributed by atoms with Crippen LogP contribution in [0.3, 0.4) is 0 Å². The molecule has 4 heterocycles. The molecule has 12 rings (SSSR count). The molecule has 0 saturated carbocycles. The molecular formula is C82H80F10N6O6S2. The summed E-state index contributed by atoms with van der Waals surface area (Å²) < 4.78 is 587. The number of thioether (sulfide) groups is 2. The fourth-order valence-electron chi connectivity index (χ4n) is 9.58. The van der Waals surface area contributed by atoms with E-state index in [2.05, 4.69) is 9.47 Å². The monoisotopic (exact) mass is 1550 g/mol. The van der Waals surface area contributed by atoms with Crippen LogP contribution in [0, 0.1) is 30.2 Å². The summed E-state index contributed by atoms with van der Waals surface area (Å²) in [4.78, 5) is 56.7. The summed E-state index contributed by atoms with van der Waals surface area (Å²) in [7, 11) is -7.33. The van der Waals surface area contributed by atoms with Gasteiger partial charge in [0.1, 0.15) is 13.1 Å². The maximum Gasteiger partial charge on any atom is 0.416 e. The molecule has 2 fully saturated rings. The van der Waals surface area contributed by atoms with Crippen LogP contribution in [0.1, 0.15) is 146 Å². The second-order valence-corrected chi connectivity index (χ2v) is 23.1. The Morgan fingerprint density at radius 1 is 0.604 bits per heavy atom. The molecule has 2 aliphatic rings. The van der Waals surface area contributed by atoms with Gasteiger partial charge in [-0.05, 0) is 133 Å². The van der Waals surface area contributed by atoms with Crippen molar-refractivity contribution < 1.29 is 132 Å². The average molecular weight is 1550 g/mol. The normalized spacial score (nSPS) is 26.9. The lowest BCUT2D eigenvalue weighted by Crippen LogP contribution is -2.49. The Morgan fingerprint density at radius 2 is 1.17 bits per heavy atom. The third-order valence-corrected chi connectivity index (χ3v) is 16.3. The van der Waals surface area contributed by atoms with Crippen molar-refractivity contribution in [3.63, 3.8) is 0 Å². The van der Waals surface area contributed by atoms with Crippen LogP contribution in [0.25, 0.3) is 44.1 Å². The SMILES string of the molecule is [2H]C([2H])([2H])OC([2H])([2H])CN1C([2H])([2H])C([2H])([2H])C([2H])(N(C(=O)Cn2c(SC([2H])([2H])c3cccc(F)c3F)cc(=O)c3ccccc32)C([2H])(C)c2ccc(-c3ccc(C(F)(F)F)cc3)cc2)C([2H])([2H])C1([2H])[2H].[2H]c1c([2H])c(F)c(F)c(C([2H])([2H])Sc2c([2H])c(=O)c3c([2H])c(C)c([2H])c([2H])c3n2CC(=O)N(C([2H])([2H])c2c([2H])c([2H])c(-c3c([2H])c([2H])c(C(F)(F)F)c([2H])c3[2H])c([2H])c2[2H])C2([2H])C([2H])([2H])C([2H])([2H])N(CC([2H])([2H])OC([2H])([2H])[2H])C([2H])([2H])C2([2H])[2H])c1[2H]. The summed E-state index contributed by atoms with van der Waals surface area (Å²) in [6, 6.07) is -19.7. The molecule has 0 spiro atoms. The van der Waals surface area contributed by atoms with E-state index in [4.69, 9.17) is 50.7 Å². The number of likely N-dealkylation sites (tertiary alicyclic amines) is 2. The van der Waals surface area contributed by atoms with Crippen molar-refractivity contribution >= 4 is 57.1 Å². The Hall–Kier alpha value is -9.04. The summed E-state index contributed by atoms with van der Waals surface area (Å²) >= 11 is -0.618. The fourth-order valence-corrected chi connectivity index (χ4v) is 11.1. The maximum atomic E-state index is 15.9. The number of rotatable bonds is 24. The van der Waals surface area contributed by atoms with Crippen molar-refractivity contribution in [3.8, 4) is 22.3 Å². The standard InChI is InChI=1S/2C41H40F5N3O3S/c1-27(28-10-12-29(13-11-28)30-14-16-32(17-15-30)41(44,45)46)49(33-18-20-47(21-19-33)22-23-52-2)38(51)25-48-36-9-4-3-7-34(36)37(50)24-39(48)53-26-31-6-5-8-35(42)40(31)43;1-27-6-15-36-34(22-27)37(50)23-39(53-26-31-4-3-5-35(42)40(31)43)49(36)25-38(51)48(33-16-18-47(19-17-33)20-21-52-2)24-28-7-9-29(10-8-28)30-11-13-32(14-12-30)41(44,45)46/h3-17,24,27,33H,18-23,25-26H2,1-2H3;3-15,22-23,33H,16-21,24-26H2,1-2H3/i2D3,18D2,19D2,20D2,21D2,23D2,26D2,27D,33D;2D3,3D,4D,5D,6D,7D,8D,9D,10D,11D,12D,13D,14D,15D,16D2,17D2,18D2,19D2,21D2,22D,23D,24D2,26D2,33D. The highest BCUT2D eigenvalue weighted by molar-refractivity contribution is 7.98. The number of amides is 2. The third-order valence-electron chi connectivity index (χ3n) is 14.7. The number of hydrogen-bond donors (Lipinski definition) is 0. The van der Waals surface area contributed by atoms with Gasteiger partial charge in [-0.3, -0.25) is 19.2 Å². The van der Waals surface area contributed by atoms with Gasteiger partial charge < -0.3 is 38.2 Å². The zero-order valence-electron chi connectivity index (χ0n) is 104. The van der Waals surface area contributed by atoms with Crippen LogP contribution in [0.2, 0.25) is 0 Å². The van der Waals surface area contributed by atoms with Crippen molar-refractivity contribution in [2.24, 2.45) is 0 Å². The zero-order valence-corrected chi connectivity index (χ0v) is 55.4. The smallest absolute Gasteiger partial charge is 0.383 e. The van der Waals surface area contributed by atoms with Crippen molar-refractivity contribution in [1.82, 2.24) is 28.7 Å². The molecule has 0 aliphatic carbocycles. The molecule has 2 amide bonds. The van der Waals surface area contributed by atoms with Gasteiger partial charge in [0.05, 0.1) is 92.5 Å². The first-order chi connectivity index (χ1) is 70.2. The molecule has 1 atom stereocenters. The van der Waals surface area contributed by atoms with Gasteiger partial charge in [0.25, 0.3) is 0 Å². The summed E-state index contributed by atoms with van der Waals surface area (Å²) in [5.74, 6) is -12.0. The summed E-state index contributed by atoms with van der Waals surface area (Å²) in [6.45, 7) is -35.8.